The number of anilines is 1. The lowest BCUT2D eigenvalue weighted by Gasteiger charge is -2.26. The van der Waals surface area contributed by atoms with E-state index < -0.39 is 15.9 Å². The van der Waals surface area contributed by atoms with Gasteiger partial charge in [-0.1, -0.05) is 18.2 Å². The van der Waals surface area contributed by atoms with Gasteiger partial charge in [0.25, 0.3) is 5.91 Å². The van der Waals surface area contributed by atoms with E-state index in [4.69, 9.17) is 4.74 Å². The Morgan fingerprint density at radius 1 is 0.974 bits per heavy atom. The number of nitrogens with zero attached hydrogens (tertiary/aromatic N) is 7. The number of carbonyl (C=O) groups is 1. The number of hydrogen-bond donors (Lipinski definition) is 1. The fraction of sp³-hybridized carbons (Fsp3) is 0.192. The fourth-order valence-corrected chi connectivity index (χ4v) is 5.82. The van der Waals surface area contributed by atoms with Gasteiger partial charge in [0.05, 0.1) is 41.1 Å². The first-order chi connectivity index (χ1) is 18.9. The lowest BCUT2D eigenvalue weighted by molar-refractivity contribution is 0.0730. The van der Waals surface area contributed by atoms with Crippen molar-refractivity contribution >= 4 is 32.8 Å². The van der Waals surface area contributed by atoms with Crippen molar-refractivity contribution in [3.63, 3.8) is 0 Å². The first kappa shape index (κ1) is 24.9. The summed E-state index contributed by atoms with van der Waals surface area (Å²) in [7, 11) is -3.66. The van der Waals surface area contributed by atoms with Crippen LogP contribution in [-0.2, 0) is 14.8 Å². The van der Waals surface area contributed by atoms with Gasteiger partial charge in [-0.3, -0.25) is 4.79 Å². The molecule has 1 aliphatic heterocycles. The van der Waals surface area contributed by atoms with Crippen molar-refractivity contribution in [2.75, 3.05) is 31.6 Å². The van der Waals surface area contributed by atoms with Gasteiger partial charge in [0.2, 0.25) is 10.0 Å². The summed E-state index contributed by atoms with van der Waals surface area (Å²) in [5.41, 5.74) is 2.40. The first-order valence-corrected chi connectivity index (χ1v) is 13.7. The van der Waals surface area contributed by atoms with Crippen LogP contribution in [0.3, 0.4) is 0 Å². The highest BCUT2D eigenvalue weighted by molar-refractivity contribution is 7.89. The summed E-state index contributed by atoms with van der Waals surface area (Å²) in [5, 5.41) is 12.5. The number of rotatable bonds is 6. The molecule has 0 bridgehead atoms. The molecule has 2 aromatic carbocycles. The van der Waals surface area contributed by atoms with Crippen LogP contribution in [0.1, 0.15) is 16.1 Å². The zero-order chi connectivity index (χ0) is 27.0. The second-order valence-corrected chi connectivity index (χ2v) is 10.8. The minimum Gasteiger partial charge on any atom is -0.379 e. The Bertz CT molecular complexity index is 1760. The predicted molar refractivity (Wildman–Crippen MR) is 142 cm³/mol. The molecule has 1 fully saturated rings. The largest absolute Gasteiger partial charge is 0.379 e. The van der Waals surface area contributed by atoms with Crippen molar-refractivity contribution in [2.45, 2.75) is 11.8 Å². The predicted octanol–water partition coefficient (Wildman–Crippen LogP) is 2.58. The number of aryl methyl sites for hydroxylation is 1. The Hall–Kier alpha value is -4.46. The van der Waals surface area contributed by atoms with Gasteiger partial charge in [-0.05, 0) is 43.3 Å². The summed E-state index contributed by atoms with van der Waals surface area (Å²) < 4.78 is 35.7. The molecule has 1 amide bonds. The summed E-state index contributed by atoms with van der Waals surface area (Å²) in [5.74, 6) is 0.435. The third-order valence-corrected chi connectivity index (χ3v) is 8.26. The number of benzene rings is 2. The molecule has 0 unspecified atom stereocenters. The molecule has 5 aromatic rings. The van der Waals surface area contributed by atoms with Crippen LogP contribution >= 0.6 is 0 Å². The van der Waals surface area contributed by atoms with E-state index >= 15 is 0 Å². The third kappa shape index (κ3) is 4.67. The second kappa shape index (κ2) is 10.0. The molecule has 0 atom stereocenters. The maximum atomic E-state index is 13.1. The van der Waals surface area contributed by atoms with Crippen molar-refractivity contribution in [3.8, 4) is 11.5 Å². The number of ether oxygens (including phenoxy) is 1. The summed E-state index contributed by atoms with van der Waals surface area (Å²) in [6.45, 7) is 3.13. The monoisotopic (exact) mass is 544 g/mol. The lowest BCUT2D eigenvalue weighted by atomic mass is 10.2. The van der Waals surface area contributed by atoms with Gasteiger partial charge in [0.1, 0.15) is 12.1 Å². The summed E-state index contributed by atoms with van der Waals surface area (Å²) in [6, 6.07) is 17.2. The number of nitrogens with one attached hydrogen (secondary N) is 1. The molecular formula is C26H24N8O4S. The van der Waals surface area contributed by atoms with Crippen LogP contribution < -0.4 is 5.32 Å². The van der Waals surface area contributed by atoms with E-state index in [1.807, 2.05) is 37.3 Å². The average Bonchev–Trinajstić information content (AvgIpc) is 3.57. The Kier molecular flexibility index (Phi) is 6.38. The van der Waals surface area contributed by atoms with E-state index in [0.717, 1.165) is 5.69 Å². The molecule has 13 heteroatoms. The smallest absolute Gasteiger partial charge is 0.256 e. The first-order valence-electron chi connectivity index (χ1n) is 12.2. The molecule has 3 aromatic heterocycles. The zero-order valence-corrected chi connectivity index (χ0v) is 21.7. The minimum atomic E-state index is -3.66. The Balaban J connectivity index is 1.28. The zero-order valence-electron chi connectivity index (χ0n) is 20.9. The van der Waals surface area contributed by atoms with Crippen molar-refractivity contribution in [1.29, 1.82) is 0 Å². The quantitative estimate of drug-likeness (QED) is 0.344. The summed E-state index contributed by atoms with van der Waals surface area (Å²) in [4.78, 5) is 22.1. The number of carbonyl (C=O) groups excluding carboxylic acids is 1. The normalized spacial score (nSPS) is 14.5. The molecule has 12 nitrogen and oxygen atoms in total. The van der Waals surface area contributed by atoms with Crippen molar-refractivity contribution < 1.29 is 17.9 Å². The number of amides is 1. The number of aromatic nitrogens is 6. The lowest BCUT2D eigenvalue weighted by Crippen LogP contribution is -2.40. The molecule has 39 heavy (non-hydrogen) atoms. The van der Waals surface area contributed by atoms with Gasteiger partial charge in [-0.15, -0.1) is 0 Å². The number of sulfonamides is 1. The molecule has 198 valence electrons. The molecule has 6 rings (SSSR count). The molecule has 1 aliphatic rings. The van der Waals surface area contributed by atoms with E-state index in [1.54, 1.807) is 16.9 Å². The highest BCUT2D eigenvalue weighted by Crippen LogP contribution is 2.25. The maximum Gasteiger partial charge on any atom is 0.256 e. The average molecular weight is 545 g/mol. The van der Waals surface area contributed by atoms with Crippen LogP contribution in [0.4, 0.5) is 5.82 Å². The van der Waals surface area contributed by atoms with Crippen LogP contribution in [0, 0.1) is 6.92 Å². The summed E-state index contributed by atoms with van der Waals surface area (Å²) in [6.07, 6.45) is 3.09. The van der Waals surface area contributed by atoms with E-state index in [1.165, 1.54) is 39.6 Å². The molecule has 4 heterocycles. The van der Waals surface area contributed by atoms with Crippen molar-refractivity contribution in [1.82, 2.24) is 33.8 Å². The fourth-order valence-electron chi connectivity index (χ4n) is 4.41. The highest BCUT2D eigenvalue weighted by Gasteiger charge is 2.26. The standard InChI is InChI=1S/C26H24N8O4S/c1-18-15-23(30-26(35)19-7-9-21(10-8-19)39(36,37)32-11-13-38-14-12-32)34(31-18)25-22-16-29-33(24(22)27-17-28-25)20-5-3-2-4-6-20/h2-10,15-17H,11-14H2,1H3,(H,30,35). The van der Waals surface area contributed by atoms with Gasteiger partial charge in [-0.2, -0.15) is 19.2 Å². The van der Waals surface area contributed by atoms with Gasteiger partial charge < -0.3 is 10.1 Å². The molecule has 1 N–H and O–H groups in total. The van der Waals surface area contributed by atoms with Crippen LogP contribution in [0.2, 0.25) is 0 Å². The minimum absolute atomic E-state index is 0.126. The van der Waals surface area contributed by atoms with Gasteiger partial charge in [0, 0.05) is 24.7 Å². The van der Waals surface area contributed by atoms with Crippen LogP contribution in [0.5, 0.6) is 0 Å². The van der Waals surface area contributed by atoms with Crippen molar-refractivity contribution in [2.24, 2.45) is 0 Å². The Morgan fingerprint density at radius 2 is 1.72 bits per heavy atom. The number of hydrogen-bond acceptors (Lipinski definition) is 8. The number of morpholine rings is 1. The second-order valence-electron chi connectivity index (χ2n) is 8.90. The number of fused-ring (bicyclic) bond motifs is 1. The molecule has 0 aliphatic carbocycles. The maximum absolute atomic E-state index is 13.1. The van der Waals surface area contributed by atoms with Gasteiger partial charge in [0.15, 0.2) is 11.5 Å². The van der Waals surface area contributed by atoms with Crippen LogP contribution in [-0.4, -0.2) is 74.5 Å². The molecule has 0 radical (unpaired) electrons. The van der Waals surface area contributed by atoms with E-state index in [2.05, 4.69) is 25.5 Å². The van der Waals surface area contributed by atoms with E-state index in [0.29, 0.717) is 60.2 Å². The number of para-hydroxylation sites is 1. The van der Waals surface area contributed by atoms with E-state index in [-0.39, 0.29) is 4.90 Å². The molecule has 1 saturated heterocycles. The van der Waals surface area contributed by atoms with E-state index in [9.17, 15) is 13.2 Å². The van der Waals surface area contributed by atoms with Gasteiger partial charge in [-0.25, -0.2) is 23.1 Å². The Morgan fingerprint density at radius 3 is 2.46 bits per heavy atom. The molecular weight excluding hydrogens is 520 g/mol. The van der Waals surface area contributed by atoms with Gasteiger partial charge >= 0.3 is 0 Å². The van der Waals surface area contributed by atoms with Crippen molar-refractivity contribution in [3.05, 3.63) is 84.4 Å². The molecule has 0 saturated carbocycles. The Labute approximate surface area is 223 Å². The molecule has 0 spiro atoms. The highest BCUT2D eigenvalue weighted by atomic mass is 32.2. The summed E-state index contributed by atoms with van der Waals surface area (Å²) >= 11 is 0. The SMILES string of the molecule is Cc1cc(NC(=O)c2ccc(S(=O)(=O)N3CCOCC3)cc2)n(-c2ncnc3c2cnn3-c2ccccc2)n1. The topological polar surface area (TPSA) is 137 Å². The van der Waals surface area contributed by atoms with Crippen LogP contribution in [0.15, 0.2) is 78.1 Å². The third-order valence-electron chi connectivity index (χ3n) is 6.34. The van der Waals surface area contributed by atoms with Crippen LogP contribution in [0.25, 0.3) is 22.5 Å².